The predicted molar refractivity (Wildman–Crippen MR) is 57.2 cm³/mol. The molecular weight excluding hydrogens is 193 g/mol. The van der Waals surface area contributed by atoms with E-state index in [-0.39, 0.29) is 0 Å². The third-order valence-corrected chi connectivity index (χ3v) is 3.20. The van der Waals surface area contributed by atoms with E-state index in [2.05, 4.69) is 5.10 Å². The molecule has 2 N–H and O–H groups in total. The Labute approximate surface area is 89.5 Å². The summed E-state index contributed by atoms with van der Waals surface area (Å²) in [4.78, 5) is 0. The zero-order valence-electron chi connectivity index (χ0n) is 9.39. The van der Waals surface area contributed by atoms with Crippen LogP contribution in [0.25, 0.3) is 0 Å². The molecule has 1 aromatic rings. The normalized spacial score (nSPS) is 25.3. The van der Waals surface area contributed by atoms with Crippen LogP contribution < -0.4 is 5.73 Å². The molecule has 0 spiro atoms. The van der Waals surface area contributed by atoms with Gasteiger partial charge < -0.3 is 5.73 Å². The summed E-state index contributed by atoms with van der Waals surface area (Å²) in [6.45, 7) is 4.79. The van der Waals surface area contributed by atoms with Crippen molar-refractivity contribution in [3.8, 4) is 0 Å². The van der Waals surface area contributed by atoms with Crippen molar-refractivity contribution in [1.82, 2.24) is 9.78 Å². The summed E-state index contributed by atoms with van der Waals surface area (Å²) in [6.07, 6.45) is 2.41. The van der Waals surface area contributed by atoms with Crippen LogP contribution in [-0.2, 0) is 25.2 Å². The van der Waals surface area contributed by atoms with Crippen LogP contribution in [0, 0.1) is 0 Å². The van der Waals surface area contributed by atoms with Crippen molar-refractivity contribution in [3.05, 3.63) is 17.0 Å². The van der Waals surface area contributed by atoms with Crippen LogP contribution in [0.1, 0.15) is 43.6 Å². The Hall–Kier alpha value is -0.900. The van der Waals surface area contributed by atoms with E-state index in [1.54, 1.807) is 6.92 Å². The Kier molecular flexibility index (Phi) is 2.54. The third kappa shape index (κ3) is 1.57. The number of fused-ring (bicyclic) bond motifs is 1. The van der Waals surface area contributed by atoms with Gasteiger partial charge in [-0.2, -0.15) is 5.10 Å². The topological polar surface area (TPSA) is 43.8 Å². The molecule has 15 heavy (non-hydrogen) atoms. The first-order valence-electron chi connectivity index (χ1n) is 5.58. The van der Waals surface area contributed by atoms with E-state index in [0.29, 0.717) is 13.0 Å². The second kappa shape index (κ2) is 3.59. The Balaban J connectivity index is 2.58. The molecule has 0 aliphatic heterocycles. The van der Waals surface area contributed by atoms with Crippen LogP contribution in [-0.4, -0.2) is 9.78 Å². The minimum atomic E-state index is -1.24. The molecule has 0 aromatic carbocycles. The number of aromatic nitrogens is 2. The summed E-state index contributed by atoms with van der Waals surface area (Å²) >= 11 is 0. The number of alkyl halides is 1. The Bertz CT molecular complexity index is 368. The maximum absolute atomic E-state index is 14.4. The standard InChI is InChI=1S/C11H18FN3/c1-3-15-9-5-4-6-11(2,12)10(9)8(7-13)14-15/h3-7,13H2,1-2H3. The monoisotopic (exact) mass is 211 g/mol. The SMILES string of the molecule is CCn1nc(CN)c2c1CCCC2(C)F. The molecule has 1 aliphatic carbocycles. The lowest BCUT2D eigenvalue weighted by molar-refractivity contribution is 0.159. The number of rotatable bonds is 2. The van der Waals surface area contributed by atoms with E-state index in [1.165, 1.54) is 0 Å². The van der Waals surface area contributed by atoms with Crippen molar-refractivity contribution in [3.63, 3.8) is 0 Å². The van der Waals surface area contributed by atoms with Crippen molar-refractivity contribution in [2.24, 2.45) is 5.73 Å². The second-order valence-corrected chi connectivity index (χ2v) is 4.34. The molecule has 2 rings (SSSR count). The lowest BCUT2D eigenvalue weighted by Gasteiger charge is -2.27. The fourth-order valence-electron chi connectivity index (χ4n) is 2.52. The molecule has 1 atom stereocenters. The second-order valence-electron chi connectivity index (χ2n) is 4.34. The number of nitrogens with two attached hydrogens (primary N) is 1. The zero-order chi connectivity index (χ0) is 11.1. The van der Waals surface area contributed by atoms with Crippen LogP contribution in [0.5, 0.6) is 0 Å². The van der Waals surface area contributed by atoms with Gasteiger partial charge in [-0.1, -0.05) is 0 Å². The molecule has 0 fully saturated rings. The molecule has 0 saturated carbocycles. The lowest BCUT2D eigenvalue weighted by Crippen LogP contribution is -2.24. The van der Waals surface area contributed by atoms with E-state index in [9.17, 15) is 4.39 Å². The van der Waals surface area contributed by atoms with Crippen molar-refractivity contribution < 1.29 is 4.39 Å². The minimum absolute atomic E-state index is 0.328. The average Bonchev–Trinajstić information content (AvgIpc) is 2.57. The van der Waals surface area contributed by atoms with E-state index in [1.807, 2.05) is 11.6 Å². The molecule has 84 valence electrons. The molecule has 3 nitrogen and oxygen atoms in total. The molecule has 1 aromatic heterocycles. The van der Waals surface area contributed by atoms with Gasteiger partial charge in [-0.15, -0.1) is 0 Å². The molecule has 0 radical (unpaired) electrons. The van der Waals surface area contributed by atoms with Gasteiger partial charge in [0.25, 0.3) is 0 Å². The first-order chi connectivity index (χ1) is 7.10. The van der Waals surface area contributed by atoms with Gasteiger partial charge in [0.05, 0.1) is 5.69 Å². The van der Waals surface area contributed by atoms with Gasteiger partial charge in [0.1, 0.15) is 5.67 Å². The van der Waals surface area contributed by atoms with E-state index < -0.39 is 5.67 Å². The number of hydrogen-bond acceptors (Lipinski definition) is 2. The summed E-state index contributed by atoms with van der Waals surface area (Å²) in [7, 11) is 0. The molecule has 0 bridgehead atoms. The summed E-state index contributed by atoms with van der Waals surface area (Å²) in [5.41, 5.74) is 6.93. The number of nitrogens with zero attached hydrogens (tertiary/aromatic N) is 2. The van der Waals surface area contributed by atoms with Crippen molar-refractivity contribution in [2.75, 3.05) is 0 Å². The summed E-state index contributed by atoms with van der Waals surface area (Å²) in [5.74, 6) is 0. The zero-order valence-corrected chi connectivity index (χ0v) is 9.39. The summed E-state index contributed by atoms with van der Waals surface area (Å²) in [5, 5.41) is 4.38. The highest BCUT2D eigenvalue weighted by Gasteiger charge is 2.37. The van der Waals surface area contributed by atoms with Crippen molar-refractivity contribution >= 4 is 0 Å². The smallest absolute Gasteiger partial charge is 0.136 e. The van der Waals surface area contributed by atoms with Gasteiger partial charge >= 0.3 is 0 Å². The van der Waals surface area contributed by atoms with Gasteiger partial charge in [0.2, 0.25) is 0 Å². The van der Waals surface area contributed by atoms with Gasteiger partial charge in [-0.25, -0.2) is 4.39 Å². The molecular formula is C11H18FN3. The van der Waals surface area contributed by atoms with E-state index in [0.717, 1.165) is 36.3 Å². The lowest BCUT2D eigenvalue weighted by atomic mass is 9.84. The van der Waals surface area contributed by atoms with Crippen LogP contribution in [0.4, 0.5) is 4.39 Å². The van der Waals surface area contributed by atoms with Crippen LogP contribution in [0.15, 0.2) is 0 Å². The fraction of sp³-hybridized carbons (Fsp3) is 0.727. The molecule has 0 saturated heterocycles. The maximum atomic E-state index is 14.4. The van der Waals surface area contributed by atoms with Crippen molar-refractivity contribution in [1.29, 1.82) is 0 Å². The first kappa shape index (κ1) is 10.6. The molecule has 4 heteroatoms. The van der Waals surface area contributed by atoms with E-state index in [4.69, 9.17) is 5.73 Å². The molecule has 1 unspecified atom stereocenters. The van der Waals surface area contributed by atoms with Gasteiger partial charge in [0.15, 0.2) is 0 Å². The summed E-state index contributed by atoms with van der Waals surface area (Å²) < 4.78 is 16.2. The molecule has 1 aliphatic rings. The van der Waals surface area contributed by atoms with Gasteiger partial charge in [-0.3, -0.25) is 4.68 Å². The number of aryl methyl sites for hydroxylation is 1. The number of hydrogen-bond donors (Lipinski definition) is 1. The molecule has 1 heterocycles. The maximum Gasteiger partial charge on any atom is 0.136 e. The highest BCUT2D eigenvalue weighted by atomic mass is 19.1. The third-order valence-electron chi connectivity index (χ3n) is 3.20. The van der Waals surface area contributed by atoms with Crippen molar-refractivity contribution in [2.45, 2.75) is 51.9 Å². The van der Waals surface area contributed by atoms with E-state index >= 15 is 0 Å². The Morgan fingerprint density at radius 3 is 2.93 bits per heavy atom. The first-order valence-corrected chi connectivity index (χ1v) is 5.58. The Morgan fingerprint density at radius 1 is 1.60 bits per heavy atom. The fourth-order valence-corrected chi connectivity index (χ4v) is 2.52. The largest absolute Gasteiger partial charge is 0.325 e. The van der Waals surface area contributed by atoms with Crippen LogP contribution >= 0.6 is 0 Å². The predicted octanol–water partition coefficient (Wildman–Crippen LogP) is 1.88. The highest BCUT2D eigenvalue weighted by molar-refractivity contribution is 5.34. The van der Waals surface area contributed by atoms with Gasteiger partial charge in [-0.05, 0) is 33.1 Å². The quantitative estimate of drug-likeness (QED) is 0.811. The van der Waals surface area contributed by atoms with Crippen LogP contribution in [0.2, 0.25) is 0 Å². The van der Waals surface area contributed by atoms with Crippen LogP contribution in [0.3, 0.4) is 0 Å². The van der Waals surface area contributed by atoms with Gasteiger partial charge in [0, 0.05) is 24.3 Å². The number of halogens is 1. The summed E-state index contributed by atoms with van der Waals surface area (Å²) in [6, 6.07) is 0. The average molecular weight is 211 g/mol. The minimum Gasteiger partial charge on any atom is -0.325 e. The molecule has 0 amide bonds. The Morgan fingerprint density at radius 2 is 2.33 bits per heavy atom. The highest BCUT2D eigenvalue weighted by Crippen LogP contribution is 2.40.